The minimum absolute atomic E-state index is 0.289. The highest BCUT2D eigenvalue weighted by atomic mass is 35.5. The molecular weight excluding hydrogens is 341 g/mol. The van der Waals surface area contributed by atoms with Gasteiger partial charge in [0.2, 0.25) is 5.91 Å². The van der Waals surface area contributed by atoms with Crippen LogP contribution < -0.4 is 5.32 Å². The summed E-state index contributed by atoms with van der Waals surface area (Å²) in [7, 11) is 0. The molecule has 25 heavy (non-hydrogen) atoms. The fraction of sp³-hybridized carbons (Fsp3) is 0.0526. The molecule has 1 N–H and O–H groups in total. The van der Waals surface area contributed by atoms with Crippen molar-refractivity contribution in [1.82, 2.24) is 9.78 Å². The van der Waals surface area contributed by atoms with Gasteiger partial charge in [-0.25, -0.2) is 4.39 Å². The second-order valence-electron chi connectivity index (χ2n) is 5.37. The fourth-order valence-electron chi connectivity index (χ4n) is 2.28. The van der Waals surface area contributed by atoms with Gasteiger partial charge in [-0.05, 0) is 35.4 Å². The molecule has 0 saturated carbocycles. The van der Waals surface area contributed by atoms with Crippen LogP contribution in [0.1, 0.15) is 11.1 Å². The Labute approximate surface area is 149 Å². The molecule has 0 spiro atoms. The molecule has 1 amide bonds. The van der Waals surface area contributed by atoms with Crippen LogP contribution in [0.4, 0.5) is 10.2 Å². The quantitative estimate of drug-likeness (QED) is 0.690. The van der Waals surface area contributed by atoms with E-state index >= 15 is 0 Å². The molecule has 0 aliphatic heterocycles. The van der Waals surface area contributed by atoms with Crippen LogP contribution in [-0.2, 0) is 11.3 Å². The Bertz CT molecular complexity index is 920. The van der Waals surface area contributed by atoms with E-state index in [0.29, 0.717) is 17.4 Å². The molecule has 0 unspecified atom stereocenters. The van der Waals surface area contributed by atoms with E-state index in [4.69, 9.17) is 11.6 Å². The van der Waals surface area contributed by atoms with Crippen LogP contribution in [0.3, 0.4) is 0 Å². The summed E-state index contributed by atoms with van der Waals surface area (Å²) < 4.78 is 14.8. The summed E-state index contributed by atoms with van der Waals surface area (Å²) in [5, 5.41) is 7.50. The zero-order valence-corrected chi connectivity index (χ0v) is 13.9. The number of nitrogens with zero attached hydrogens (tertiary/aromatic N) is 2. The van der Waals surface area contributed by atoms with Crippen LogP contribution in [0.25, 0.3) is 6.08 Å². The molecule has 0 aliphatic carbocycles. The Kier molecular flexibility index (Phi) is 5.26. The first-order valence-electron chi connectivity index (χ1n) is 7.62. The van der Waals surface area contributed by atoms with E-state index in [1.165, 1.54) is 18.2 Å². The number of amides is 1. The monoisotopic (exact) mass is 355 g/mol. The molecular formula is C19H15ClFN3O. The minimum Gasteiger partial charge on any atom is -0.306 e. The van der Waals surface area contributed by atoms with Crippen LogP contribution in [0.5, 0.6) is 0 Å². The van der Waals surface area contributed by atoms with Gasteiger partial charge in [0, 0.05) is 23.4 Å². The van der Waals surface area contributed by atoms with Gasteiger partial charge in [-0.3, -0.25) is 9.48 Å². The summed E-state index contributed by atoms with van der Waals surface area (Å²) in [6, 6.07) is 15.2. The van der Waals surface area contributed by atoms with Crippen LogP contribution in [0.15, 0.2) is 66.9 Å². The van der Waals surface area contributed by atoms with Crippen molar-refractivity contribution in [2.45, 2.75) is 6.54 Å². The number of hydrogen-bond acceptors (Lipinski definition) is 2. The van der Waals surface area contributed by atoms with Gasteiger partial charge in [0.05, 0.1) is 6.54 Å². The average Bonchev–Trinajstić information content (AvgIpc) is 3.01. The Balaban J connectivity index is 1.61. The number of benzene rings is 2. The number of aromatic nitrogens is 2. The second-order valence-corrected chi connectivity index (χ2v) is 5.78. The van der Waals surface area contributed by atoms with Gasteiger partial charge in [-0.15, -0.1) is 0 Å². The van der Waals surface area contributed by atoms with Crippen molar-refractivity contribution in [3.05, 3.63) is 88.8 Å². The van der Waals surface area contributed by atoms with Crippen molar-refractivity contribution in [1.29, 1.82) is 0 Å². The zero-order chi connectivity index (χ0) is 17.6. The van der Waals surface area contributed by atoms with Crippen molar-refractivity contribution in [2.75, 3.05) is 5.32 Å². The molecule has 0 aliphatic rings. The van der Waals surface area contributed by atoms with Crippen LogP contribution >= 0.6 is 11.6 Å². The highest BCUT2D eigenvalue weighted by Gasteiger charge is 2.04. The summed E-state index contributed by atoms with van der Waals surface area (Å²) in [6.45, 7) is 0.420. The predicted octanol–water partition coefficient (Wildman–Crippen LogP) is 4.38. The third kappa shape index (κ3) is 4.78. The second kappa shape index (κ2) is 7.77. The highest BCUT2D eigenvalue weighted by molar-refractivity contribution is 6.32. The maximum absolute atomic E-state index is 13.2. The highest BCUT2D eigenvalue weighted by Crippen LogP contribution is 2.16. The SMILES string of the molecule is O=C(/C=C/c1ccccc1Cl)Nc1ccn(Cc2cccc(F)c2)n1. The molecule has 3 aromatic rings. The number of nitrogens with one attached hydrogen (secondary N) is 1. The van der Waals surface area contributed by atoms with Gasteiger partial charge >= 0.3 is 0 Å². The van der Waals surface area contributed by atoms with E-state index in [1.54, 1.807) is 35.2 Å². The average molecular weight is 356 g/mol. The van der Waals surface area contributed by atoms with Crippen LogP contribution in [0.2, 0.25) is 5.02 Å². The molecule has 126 valence electrons. The molecule has 6 heteroatoms. The number of anilines is 1. The van der Waals surface area contributed by atoms with E-state index in [1.807, 2.05) is 24.3 Å². The number of carbonyl (C=O) groups excluding carboxylic acids is 1. The van der Waals surface area contributed by atoms with Gasteiger partial charge in [-0.1, -0.05) is 41.9 Å². The Morgan fingerprint density at radius 3 is 2.84 bits per heavy atom. The molecule has 1 heterocycles. The zero-order valence-electron chi connectivity index (χ0n) is 13.2. The Morgan fingerprint density at radius 2 is 2.04 bits per heavy atom. The van der Waals surface area contributed by atoms with Gasteiger partial charge < -0.3 is 5.32 Å². The smallest absolute Gasteiger partial charge is 0.249 e. The van der Waals surface area contributed by atoms with Crippen LogP contribution in [-0.4, -0.2) is 15.7 Å². The number of rotatable bonds is 5. The lowest BCUT2D eigenvalue weighted by Gasteiger charge is -2.02. The van der Waals surface area contributed by atoms with Gasteiger partial charge in [0.25, 0.3) is 0 Å². The van der Waals surface area contributed by atoms with Crippen molar-refractivity contribution < 1.29 is 9.18 Å². The van der Waals surface area contributed by atoms with Gasteiger partial charge in [0.1, 0.15) is 5.82 Å². The molecule has 0 bridgehead atoms. The van der Waals surface area contributed by atoms with Crippen molar-refractivity contribution in [2.24, 2.45) is 0 Å². The third-order valence-corrected chi connectivity index (χ3v) is 3.79. The number of hydrogen-bond donors (Lipinski definition) is 1. The Morgan fingerprint density at radius 1 is 1.20 bits per heavy atom. The summed E-state index contributed by atoms with van der Waals surface area (Å²) in [6.07, 6.45) is 4.76. The topological polar surface area (TPSA) is 46.9 Å². The number of halogens is 2. The first-order valence-corrected chi connectivity index (χ1v) is 7.99. The molecule has 0 radical (unpaired) electrons. The van der Waals surface area contributed by atoms with Gasteiger partial charge in [0.15, 0.2) is 5.82 Å². The van der Waals surface area contributed by atoms with Crippen molar-refractivity contribution in [3.63, 3.8) is 0 Å². The summed E-state index contributed by atoms with van der Waals surface area (Å²) in [5.41, 5.74) is 1.55. The van der Waals surface area contributed by atoms with Crippen molar-refractivity contribution in [3.8, 4) is 0 Å². The molecule has 2 aromatic carbocycles. The van der Waals surface area contributed by atoms with E-state index in [2.05, 4.69) is 10.4 Å². The summed E-state index contributed by atoms with van der Waals surface area (Å²) in [5.74, 6) is -0.177. The largest absolute Gasteiger partial charge is 0.306 e. The molecule has 0 atom stereocenters. The predicted molar refractivity (Wildman–Crippen MR) is 96.8 cm³/mol. The summed E-state index contributed by atoms with van der Waals surface area (Å²) in [4.78, 5) is 12.0. The maximum Gasteiger partial charge on any atom is 0.249 e. The molecule has 3 rings (SSSR count). The number of carbonyl (C=O) groups is 1. The summed E-state index contributed by atoms with van der Waals surface area (Å²) >= 11 is 6.03. The molecule has 0 fully saturated rings. The Hall–Kier alpha value is -2.92. The van der Waals surface area contributed by atoms with Crippen molar-refractivity contribution >= 4 is 29.4 Å². The van der Waals surface area contributed by atoms with Gasteiger partial charge in [-0.2, -0.15) is 5.10 Å². The maximum atomic E-state index is 13.2. The molecule has 4 nitrogen and oxygen atoms in total. The lowest BCUT2D eigenvalue weighted by atomic mass is 10.2. The van der Waals surface area contributed by atoms with E-state index in [9.17, 15) is 9.18 Å². The van der Waals surface area contributed by atoms with Crippen LogP contribution in [0, 0.1) is 5.82 Å². The lowest BCUT2D eigenvalue weighted by Crippen LogP contribution is -2.09. The normalized spacial score (nSPS) is 11.0. The van der Waals surface area contributed by atoms with E-state index in [0.717, 1.165) is 11.1 Å². The minimum atomic E-state index is -0.309. The first kappa shape index (κ1) is 16.9. The molecule has 1 aromatic heterocycles. The van der Waals surface area contributed by atoms with E-state index in [-0.39, 0.29) is 11.7 Å². The first-order chi connectivity index (χ1) is 12.1. The molecule has 0 saturated heterocycles. The fourth-order valence-corrected chi connectivity index (χ4v) is 2.48. The lowest BCUT2D eigenvalue weighted by molar-refractivity contribution is -0.111. The standard InChI is InChI=1S/C19H15ClFN3O/c20-17-7-2-1-5-15(17)8-9-19(25)22-18-10-11-24(23-18)13-14-4-3-6-16(21)12-14/h1-12H,13H2,(H,22,23,25)/b9-8+. The van der Waals surface area contributed by atoms with E-state index < -0.39 is 0 Å². The third-order valence-electron chi connectivity index (χ3n) is 3.45.